The average Bonchev–Trinajstić information content (AvgIpc) is 1.59. The first kappa shape index (κ1) is 8.82. The number of thiocarbonyl (C=S) groups is 1. The molecule has 0 saturated carbocycles. The van der Waals surface area contributed by atoms with Crippen LogP contribution in [-0.4, -0.2) is 5.11 Å². The van der Waals surface area contributed by atoms with Crippen LogP contribution in [0, 0.1) is 10.2 Å². The molecule has 0 atom stereocenters. The van der Waals surface area contributed by atoms with Crippen molar-refractivity contribution in [3.05, 3.63) is 0 Å². The van der Waals surface area contributed by atoms with Gasteiger partial charge in [0.15, 0.2) is 0 Å². The number of nitrogens with one attached hydrogen (secondary N) is 1. The Morgan fingerprint density at radius 1 is 1.56 bits per heavy atom. The molecule has 0 spiro atoms. The molecule has 0 aliphatic carbocycles. The normalized spacial score (nSPS) is 11.0. The molecule has 0 fully saturated rings. The van der Waals surface area contributed by atoms with Gasteiger partial charge in [0, 0.05) is 0 Å². The minimum absolute atomic E-state index is 0.429. The van der Waals surface area contributed by atoms with Crippen LogP contribution in [0.4, 0.5) is 0 Å². The zero-order chi connectivity index (χ0) is 7.49. The topological polar surface area (TPSA) is 116 Å². The number of hydroxylamine groups is 1. The third-order valence-electron chi connectivity index (χ3n) is 0.234. The summed E-state index contributed by atoms with van der Waals surface area (Å²) in [6.07, 6.45) is 0. The molecular formula is CH3ClN2O4S. The lowest BCUT2D eigenvalue weighted by Crippen LogP contribution is -2.63. The molecule has 0 radical (unpaired) electrons. The van der Waals surface area contributed by atoms with Gasteiger partial charge in [0.25, 0.3) is 0 Å². The van der Waals surface area contributed by atoms with Crippen LogP contribution < -0.4 is 25.2 Å². The van der Waals surface area contributed by atoms with E-state index in [1.165, 1.54) is 5.48 Å². The summed E-state index contributed by atoms with van der Waals surface area (Å²) in [5.41, 5.74) is 6.17. The third-order valence-corrected chi connectivity index (χ3v) is 0.583. The summed E-state index contributed by atoms with van der Waals surface area (Å²) < 4.78 is 32.0. The summed E-state index contributed by atoms with van der Waals surface area (Å²) in [5, 5.41) is -0.429. The van der Waals surface area contributed by atoms with Crippen LogP contribution in [-0.2, 0) is 4.39 Å². The molecule has 0 heterocycles. The molecule has 0 saturated heterocycles. The fraction of sp³-hybridized carbons (Fsp3) is 0. The second-order valence-corrected chi connectivity index (χ2v) is 2.27. The second-order valence-electron chi connectivity index (χ2n) is 0.921. The lowest BCUT2D eigenvalue weighted by Gasteiger charge is -2.10. The highest BCUT2D eigenvalue weighted by Crippen LogP contribution is 1.79. The van der Waals surface area contributed by atoms with Crippen molar-refractivity contribution in [3.8, 4) is 0 Å². The van der Waals surface area contributed by atoms with Gasteiger partial charge in [0.05, 0.1) is 0 Å². The Kier molecular flexibility index (Phi) is 3.04. The summed E-state index contributed by atoms with van der Waals surface area (Å²) in [6.45, 7) is 0. The van der Waals surface area contributed by atoms with Crippen molar-refractivity contribution in [2.75, 3.05) is 0 Å². The van der Waals surface area contributed by atoms with E-state index in [-0.39, 0.29) is 0 Å². The first-order chi connectivity index (χ1) is 3.92. The molecule has 0 aliphatic heterocycles. The van der Waals surface area contributed by atoms with Crippen molar-refractivity contribution in [2.24, 2.45) is 5.73 Å². The lowest BCUT2D eigenvalue weighted by molar-refractivity contribution is -1.92. The van der Waals surface area contributed by atoms with Gasteiger partial charge in [-0.25, -0.2) is 0 Å². The zero-order valence-electron chi connectivity index (χ0n) is 4.00. The van der Waals surface area contributed by atoms with Gasteiger partial charge in [-0.2, -0.15) is 14.0 Å². The first-order valence-corrected chi connectivity index (χ1v) is 3.21. The fourth-order valence-electron chi connectivity index (χ4n) is 0.0853. The minimum Gasteiger partial charge on any atom is -0.374 e. The quantitative estimate of drug-likeness (QED) is 0.321. The Labute approximate surface area is 57.9 Å². The molecule has 0 aromatic heterocycles. The van der Waals surface area contributed by atoms with Gasteiger partial charge in [-0.3, -0.25) is 0 Å². The van der Waals surface area contributed by atoms with E-state index in [0.717, 1.165) is 0 Å². The van der Waals surface area contributed by atoms with E-state index in [4.69, 9.17) is 0 Å². The predicted octanol–water partition coefficient (Wildman–Crippen LogP) is -4.35. The van der Waals surface area contributed by atoms with E-state index >= 15 is 0 Å². The van der Waals surface area contributed by atoms with Gasteiger partial charge in [-0.05, 0) is 12.2 Å². The van der Waals surface area contributed by atoms with E-state index in [0.29, 0.717) is 0 Å². The molecule has 8 heteroatoms. The maximum atomic E-state index is 9.55. The Morgan fingerprint density at radius 3 is 2.11 bits per heavy atom. The molecule has 3 N–H and O–H groups in total. The Balaban J connectivity index is 3.39. The number of rotatable bonds is 2. The van der Waals surface area contributed by atoms with E-state index in [9.17, 15) is 14.0 Å². The van der Waals surface area contributed by atoms with E-state index < -0.39 is 15.4 Å². The highest BCUT2D eigenvalue weighted by Gasteiger charge is 2.17. The molecule has 0 bridgehead atoms. The Bertz CT molecular complexity index is 112. The van der Waals surface area contributed by atoms with E-state index in [1.54, 1.807) is 0 Å². The van der Waals surface area contributed by atoms with Crippen LogP contribution in [0.25, 0.3) is 0 Å². The van der Waals surface area contributed by atoms with Crippen molar-refractivity contribution < 1.29 is 28.6 Å². The van der Waals surface area contributed by atoms with Gasteiger partial charge < -0.3 is 5.73 Å². The number of nitrogens with two attached hydrogens (primary N) is 1. The van der Waals surface area contributed by atoms with Crippen molar-refractivity contribution in [1.29, 1.82) is 0 Å². The highest BCUT2D eigenvalue weighted by molar-refractivity contribution is 7.80. The van der Waals surface area contributed by atoms with Crippen LogP contribution in [0.3, 0.4) is 0 Å². The highest BCUT2D eigenvalue weighted by atomic mass is 35.7. The summed E-state index contributed by atoms with van der Waals surface area (Å²) in [7, 11) is -4.50. The van der Waals surface area contributed by atoms with E-state index in [2.05, 4.69) is 22.3 Å². The van der Waals surface area contributed by atoms with Gasteiger partial charge >= 0.3 is 0 Å². The van der Waals surface area contributed by atoms with Crippen molar-refractivity contribution in [1.82, 2.24) is 5.48 Å². The summed E-state index contributed by atoms with van der Waals surface area (Å²) in [5.74, 6) is 0. The molecule has 0 unspecified atom stereocenters. The maximum absolute atomic E-state index is 9.55. The molecular weight excluding hydrogens is 172 g/mol. The van der Waals surface area contributed by atoms with Gasteiger partial charge in [-0.1, -0.05) is 0 Å². The van der Waals surface area contributed by atoms with E-state index in [1.807, 2.05) is 0 Å². The van der Waals surface area contributed by atoms with Crippen LogP contribution in [0.15, 0.2) is 0 Å². The maximum Gasteiger partial charge on any atom is 0.209 e. The van der Waals surface area contributed by atoms with Gasteiger partial charge in [0.1, 0.15) is 10.2 Å². The zero-order valence-corrected chi connectivity index (χ0v) is 5.57. The largest absolute Gasteiger partial charge is 0.374 e. The molecule has 0 aliphatic rings. The third kappa shape index (κ3) is 7.82. The minimum atomic E-state index is -4.50. The summed E-state index contributed by atoms with van der Waals surface area (Å²) in [6, 6.07) is 0. The molecule has 0 amide bonds. The van der Waals surface area contributed by atoms with Crippen molar-refractivity contribution >= 4 is 17.3 Å². The first-order valence-electron chi connectivity index (χ1n) is 1.56. The summed E-state index contributed by atoms with van der Waals surface area (Å²) >= 11 is 4.10. The molecule has 9 heavy (non-hydrogen) atoms. The van der Waals surface area contributed by atoms with Gasteiger partial charge in [0.2, 0.25) is 9.50 Å². The molecule has 0 aromatic rings. The smallest absolute Gasteiger partial charge is 0.209 e. The molecule has 0 rings (SSSR count). The van der Waals surface area contributed by atoms with Crippen molar-refractivity contribution in [3.63, 3.8) is 0 Å². The lowest BCUT2D eigenvalue weighted by atomic mass is 11.2. The van der Waals surface area contributed by atoms with Crippen LogP contribution in [0.2, 0.25) is 0 Å². The SMILES string of the molecule is NC(=S)NO[Cl+3]([O-])([O-])[O-]. The van der Waals surface area contributed by atoms with Crippen LogP contribution in [0.5, 0.6) is 0 Å². The molecule has 54 valence electrons. The fourth-order valence-corrected chi connectivity index (χ4v) is 0.350. The predicted molar refractivity (Wildman–Crippen MR) is 21.0 cm³/mol. The Morgan fingerprint density at radius 2 is 2.00 bits per heavy atom. The average molecular weight is 175 g/mol. The second kappa shape index (κ2) is 3.11. The molecule has 6 nitrogen and oxygen atoms in total. The Hall–Kier alpha value is -0.180. The summed E-state index contributed by atoms with van der Waals surface area (Å²) in [4.78, 5) is 0. The monoisotopic (exact) mass is 174 g/mol. The molecule has 0 aromatic carbocycles. The standard InChI is InChI=1S/CH3ClN2O4S/c3-1(9)4-8-2(5,6)7/h(H3,3,4,9). The van der Waals surface area contributed by atoms with Gasteiger partial charge in [-0.15, -0.1) is 5.48 Å². The van der Waals surface area contributed by atoms with Crippen molar-refractivity contribution in [2.45, 2.75) is 0 Å². The number of hydrogen-bond donors (Lipinski definition) is 2. The number of halogens is 1. The van der Waals surface area contributed by atoms with Crippen LogP contribution in [0.1, 0.15) is 0 Å². The number of hydrogen-bond acceptors (Lipinski definition) is 5. The van der Waals surface area contributed by atoms with Crippen LogP contribution >= 0.6 is 12.2 Å².